The lowest BCUT2D eigenvalue weighted by Crippen LogP contribution is -2.09. The Morgan fingerprint density at radius 3 is 2.54 bits per heavy atom. The molecule has 0 spiro atoms. The van der Waals surface area contributed by atoms with E-state index >= 15 is 0 Å². The number of benzene rings is 2. The maximum Gasteiger partial charge on any atom is 0.147 e. The van der Waals surface area contributed by atoms with Gasteiger partial charge < -0.3 is 4.74 Å². The Bertz CT molecular complexity index is 1080. The number of anilines is 1. The highest BCUT2D eigenvalue weighted by atomic mass is 16.5. The molecular formula is C23H20N4O. The maximum absolute atomic E-state index is 5.32. The molecular weight excluding hydrogens is 348 g/mol. The SMILES string of the molecule is COc1ccc2c(C)cc(NN=C(c3ccccc3)c3ccccn3)nc2c1. The van der Waals surface area contributed by atoms with E-state index in [1.54, 1.807) is 13.3 Å². The van der Waals surface area contributed by atoms with Crippen molar-refractivity contribution < 1.29 is 4.74 Å². The zero-order chi connectivity index (χ0) is 19.3. The van der Waals surface area contributed by atoms with Crippen molar-refractivity contribution in [1.82, 2.24) is 9.97 Å². The highest BCUT2D eigenvalue weighted by Gasteiger charge is 2.09. The number of pyridine rings is 2. The number of nitrogens with zero attached hydrogens (tertiary/aromatic N) is 3. The Morgan fingerprint density at radius 2 is 1.79 bits per heavy atom. The second kappa shape index (κ2) is 7.88. The number of aromatic nitrogens is 2. The standard InChI is InChI=1S/C23H20N4O/c1-16-14-22(25-21-15-18(28-2)11-12-19(16)21)26-27-23(17-8-4-3-5-9-17)20-10-6-7-13-24-20/h3-15H,1-2H3,(H,25,26). The van der Waals surface area contributed by atoms with Gasteiger partial charge in [0, 0.05) is 23.2 Å². The lowest BCUT2D eigenvalue weighted by Gasteiger charge is -2.10. The highest BCUT2D eigenvalue weighted by Crippen LogP contribution is 2.24. The Kier molecular flexibility index (Phi) is 4.97. The molecule has 5 heteroatoms. The van der Waals surface area contributed by atoms with E-state index in [1.807, 2.05) is 72.8 Å². The van der Waals surface area contributed by atoms with Crippen molar-refractivity contribution in [3.8, 4) is 5.75 Å². The molecule has 1 N–H and O–H groups in total. The number of aryl methyl sites for hydroxylation is 1. The van der Waals surface area contributed by atoms with Gasteiger partial charge in [-0.25, -0.2) is 4.98 Å². The minimum absolute atomic E-state index is 0.669. The van der Waals surface area contributed by atoms with Crippen LogP contribution in [0.5, 0.6) is 5.75 Å². The summed E-state index contributed by atoms with van der Waals surface area (Å²) in [7, 11) is 1.65. The fourth-order valence-electron chi connectivity index (χ4n) is 3.05. The highest BCUT2D eigenvalue weighted by molar-refractivity contribution is 6.11. The fourth-order valence-corrected chi connectivity index (χ4v) is 3.05. The first-order valence-corrected chi connectivity index (χ1v) is 9.00. The first-order valence-electron chi connectivity index (χ1n) is 9.00. The Balaban J connectivity index is 1.74. The largest absolute Gasteiger partial charge is 0.497 e. The van der Waals surface area contributed by atoms with Gasteiger partial charge in [0.2, 0.25) is 0 Å². The van der Waals surface area contributed by atoms with Gasteiger partial charge in [0.05, 0.1) is 18.3 Å². The molecule has 0 aliphatic carbocycles. The first kappa shape index (κ1) is 17.7. The van der Waals surface area contributed by atoms with E-state index in [0.717, 1.165) is 39.2 Å². The second-order valence-electron chi connectivity index (χ2n) is 6.36. The summed E-state index contributed by atoms with van der Waals surface area (Å²) >= 11 is 0. The molecule has 4 aromatic rings. The third kappa shape index (κ3) is 3.69. The van der Waals surface area contributed by atoms with Gasteiger partial charge in [0.1, 0.15) is 17.3 Å². The normalized spacial score (nSPS) is 11.4. The zero-order valence-corrected chi connectivity index (χ0v) is 15.8. The van der Waals surface area contributed by atoms with E-state index < -0.39 is 0 Å². The molecule has 0 unspecified atom stereocenters. The molecule has 2 heterocycles. The fraction of sp³-hybridized carbons (Fsp3) is 0.0870. The topological polar surface area (TPSA) is 59.4 Å². The van der Waals surface area contributed by atoms with Crippen LogP contribution in [-0.4, -0.2) is 22.8 Å². The van der Waals surface area contributed by atoms with Crippen LogP contribution in [0.3, 0.4) is 0 Å². The summed E-state index contributed by atoms with van der Waals surface area (Å²) in [5.41, 5.74) is 7.61. The predicted molar refractivity (Wildman–Crippen MR) is 113 cm³/mol. The smallest absolute Gasteiger partial charge is 0.147 e. The Labute approximate surface area is 163 Å². The van der Waals surface area contributed by atoms with E-state index in [1.165, 1.54) is 0 Å². The molecule has 5 nitrogen and oxygen atoms in total. The average Bonchev–Trinajstić information content (AvgIpc) is 2.75. The molecule has 28 heavy (non-hydrogen) atoms. The van der Waals surface area contributed by atoms with Crippen LogP contribution in [0.15, 0.2) is 84.1 Å². The summed E-state index contributed by atoms with van der Waals surface area (Å²) in [5, 5.41) is 5.72. The number of methoxy groups -OCH3 is 1. The lowest BCUT2D eigenvalue weighted by atomic mass is 10.1. The van der Waals surface area contributed by atoms with Crippen molar-refractivity contribution in [2.45, 2.75) is 6.92 Å². The lowest BCUT2D eigenvalue weighted by molar-refractivity contribution is 0.415. The van der Waals surface area contributed by atoms with E-state index in [4.69, 9.17) is 4.74 Å². The summed E-state index contributed by atoms with van der Waals surface area (Å²) in [6.45, 7) is 2.06. The number of hydrogen-bond donors (Lipinski definition) is 1. The predicted octanol–water partition coefficient (Wildman–Crippen LogP) is 4.81. The number of nitrogens with one attached hydrogen (secondary N) is 1. The summed E-state index contributed by atoms with van der Waals surface area (Å²) in [4.78, 5) is 9.14. The van der Waals surface area contributed by atoms with Gasteiger partial charge in [-0.15, -0.1) is 0 Å². The van der Waals surface area contributed by atoms with Crippen molar-refractivity contribution in [2.75, 3.05) is 12.5 Å². The van der Waals surface area contributed by atoms with E-state index in [-0.39, 0.29) is 0 Å². The molecule has 0 saturated carbocycles. The Morgan fingerprint density at radius 1 is 0.964 bits per heavy atom. The average molecular weight is 368 g/mol. The summed E-state index contributed by atoms with van der Waals surface area (Å²) in [5.74, 6) is 1.45. The number of hydrogen-bond acceptors (Lipinski definition) is 5. The van der Waals surface area contributed by atoms with Crippen LogP contribution in [0, 0.1) is 6.92 Å². The van der Waals surface area contributed by atoms with Crippen LogP contribution in [0.25, 0.3) is 10.9 Å². The van der Waals surface area contributed by atoms with Gasteiger partial charge in [-0.3, -0.25) is 10.4 Å². The molecule has 0 radical (unpaired) electrons. The van der Waals surface area contributed by atoms with E-state index in [9.17, 15) is 0 Å². The molecule has 2 aromatic heterocycles. The van der Waals surface area contributed by atoms with Gasteiger partial charge in [-0.2, -0.15) is 5.10 Å². The van der Waals surface area contributed by atoms with E-state index in [0.29, 0.717) is 5.82 Å². The van der Waals surface area contributed by atoms with Gasteiger partial charge >= 0.3 is 0 Å². The summed E-state index contributed by atoms with van der Waals surface area (Å²) in [6.07, 6.45) is 1.76. The molecule has 0 amide bonds. The van der Waals surface area contributed by atoms with Gasteiger partial charge in [0.15, 0.2) is 0 Å². The van der Waals surface area contributed by atoms with Crippen LogP contribution >= 0.6 is 0 Å². The molecule has 0 atom stereocenters. The van der Waals surface area contributed by atoms with Crippen molar-refractivity contribution >= 4 is 22.4 Å². The van der Waals surface area contributed by atoms with Crippen LogP contribution in [0.1, 0.15) is 16.8 Å². The first-order chi connectivity index (χ1) is 13.7. The number of rotatable bonds is 5. The van der Waals surface area contributed by atoms with Crippen molar-refractivity contribution in [3.05, 3.63) is 95.8 Å². The summed E-state index contributed by atoms with van der Waals surface area (Å²) in [6, 6.07) is 23.6. The molecule has 138 valence electrons. The van der Waals surface area contributed by atoms with Crippen molar-refractivity contribution in [3.63, 3.8) is 0 Å². The van der Waals surface area contributed by atoms with Gasteiger partial charge in [-0.1, -0.05) is 36.4 Å². The summed E-state index contributed by atoms with van der Waals surface area (Å²) < 4.78 is 5.32. The molecule has 2 aromatic carbocycles. The quantitative estimate of drug-likeness (QED) is 0.406. The minimum Gasteiger partial charge on any atom is -0.497 e. The van der Waals surface area contributed by atoms with Crippen LogP contribution in [0.2, 0.25) is 0 Å². The van der Waals surface area contributed by atoms with Crippen LogP contribution in [0.4, 0.5) is 5.82 Å². The van der Waals surface area contributed by atoms with Crippen LogP contribution < -0.4 is 10.2 Å². The molecule has 0 aliphatic heterocycles. The maximum atomic E-state index is 5.32. The third-order valence-corrected chi connectivity index (χ3v) is 4.46. The number of hydrazone groups is 1. The molecule has 0 bridgehead atoms. The molecule has 0 aliphatic rings. The number of ether oxygens (including phenoxy) is 1. The molecule has 0 fully saturated rings. The monoisotopic (exact) mass is 368 g/mol. The molecule has 4 rings (SSSR count). The van der Waals surface area contributed by atoms with Gasteiger partial charge in [0.25, 0.3) is 0 Å². The molecule has 0 saturated heterocycles. The van der Waals surface area contributed by atoms with Gasteiger partial charge in [-0.05, 0) is 42.8 Å². The van der Waals surface area contributed by atoms with Crippen molar-refractivity contribution in [1.29, 1.82) is 0 Å². The Hall–Kier alpha value is -3.73. The second-order valence-corrected chi connectivity index (χ2v) is 6.36. The minimum atomic E-state index is 0.669. The van der Waals surface area contributed by atoms with Crippen LogP contribution in [-0.2, 0) is 0 Å². The van der Waals surface area contributed by atoms with E-state index in [2.05, 4.69) is 27.4 Å². The third-order valence-electron chi connectivity index (χ3n) is 4.46. The van der Waals surface area contributed by atoms with Crippen molar-refractivity contribution in [2.24, 2.45) is 5.10 Å². The number of fused-ring (bicyclic) bond motifs is 1. The zero-order valence-electron chi connectivity index (χ0n) is 15.8.